The highest BCUT2D eigenvalue weighted by Crippen LogP contribution is 2.18. The number of rotatable bonds is 3. The summed E-state index contributed by atoms with van der Waals surface area (Å²) in [6, 6.07) is 1.23. The van der Waals surface area contributed by atoms with Gasteiger partial charge in [0.1, 0.15) is 5.56 Å². The first-order valence-corrected chi connectivity index (χ1v) is 4.09. The van der Waals surface area contributed by atoms with Crippen molar-refractivity contribution in [3.05, 3.63) is 23.4 Å². The Bertz CT molecular complexity index is 350. The summed E-state index contributed by atoms with van der Waals surface area (Å²) in [4.78, 5) is 14.7. The maximum Gasteiger partial charge on any atom is 0.341 e. The van der Waals surface area contributed by atoms with E-state index in [0.717, 1.165) is 0 Å². The van der Waals surface area contributed by atoms with Crippen molar-refractivity contribution in [2.45, 2.75) is 13.0 Å². The molecule has 0 aliphatic heterocycles. The zero-order valence-electron chi connectivity index (χ0n) is 8.02. The molecular weight excluding hydrogens is 184 g/mol. The molecule has 14 heavy (non-hydrogen) atoms. The van der Waals surface area contributed by atoms with E-state index in [9.17, 15) is 4.79 Å². The SMILES string of the molecule is COc1ncc([C@@H](C)N)cc1C(=O)O. The van der Waals surface area contributed by atoms with Crippen LogP contribution in [0.3, 0.4) is 0 Å². The predicted molar refractivity (Wildman–Crippen MR) is 50.4 cm³/mol. The lowest BCUT2D eigenvalue weighted by Gasteiger charge is -2.08. The second-order valence-electron chi connectivity index (χ2n) is 2.92. The molecule has 0 amide bonds. The standard InChI is InChI=1S/C9H12N2O3/c1-5(10)6-3-7(9(12)13)8(14-2)11-4-6/h3-5H,10H2,1-2H3,(H,12,13)/t5-/m1/s1. The molecule has 5 nitrogen and oxygen atoms in total. The summed E-state index contributed by atoms with van der Waals surface area (Å²) in [6.45, 7) is 1.76. The summed E-state index contributed by atoms with van der Waals surface area (Å²) < 4.78 is 4.81. The fourth-order valence-corrected chi connectivity index (χ4v) is 1.03. The lowest BCUT2D eigenvalue weighted by molar-refractivity contribution is 0.0692. The minimum Gasteiger partial charge on any atom is -0.480 e. The Balaban J connectivity index is 3.21. The van der Waals surface area contributed by atoms with Crippen LogP contribution in [0.15, 0.2) is 12.3 Å². The number of nitrogens with zero attached hydrogens (tertiary/aromatic N) is 1. The van der Waals surface area contributed by atoms with Crippen LogP contribution < -0.4 is 10.5 Å². The minimum atomic E-state index is -1.07. The molecule has 0 bridgehead atoms. The quantitative estimate of drug-likeness (QED) is 0.747. The Hall–Kier alpha value is -1.62. The van der Waals surface area contributed by atoms with E-state index in [1.807, 2.05) is 0 Å². The molecule has 0 fully saturated rings. The van der Waals surface area contributed by atoms with Crippen molar-refractivity contribution in [1.29, 1.82) is 0 Å². The van der Waals surface area contributed by atoms with Gasteiger partial charge in [0.15, 0.2) is 0 Å². The first kappa shape index (κ1) is 10.5. The van der Waals surface area contributed by atoms with Crippen LogP contribution in [0.4, 0.5) is 0 Å². The van der Waals surface area contributed by atoms with Gasteiger partial charge in [-0.2, -0.15) is 0 Å². The summed E-state index contributed by atoms with van der Waals surface area (Å²) >= 11 is 0. The lowest BCUT2D eigenvalue weighted by Crippen LogP contribution is -2.09. The van der Waals surface area contributed by atoms with Crippen LogP contribution in [0.25, 0.3) is 0 Å². The number of hydrogen-bond donors (Lipinski definition) is 2. The number of hydrogen-bond acceptors (Lipinski definition) is 4. The van der Waals surface area contributed by atoms with Gasteiger partial charge in [0.2, 0.25) is 5.88 Å². The van der Waals surface area contributed by atoms with Gasteiger partial charge >= 0.3 is 5.97 Å². The predicted octanol–water partition coefficient (Wildman–Crippen LogP) is 0.808. The average Bonchev–Trinajstić information content (AvgIpc) is 2.16. The molecule has 3 N–H and O–H groups in total. The van der Waals surface area contributed by atoms with Crippen molar-refractivity contribution in [1.82, 2.24) is 4.98 Å². The number of carbonyl (C=O) groups is 1. The Morgan fingerprint density at radius 1 is 1.71 bits per heavy atom. The molecule has 1 heterocycles. The van der Waals surface area contributed by atoms with Crippen molar-refractivity contribution >= 4 is 5.97 Å². The molecule has 5 heteroatoms. The first-order valence-electron chi connectivity index (χ1n) is 4.09. The number of aromatic nitrogens is 1. The van der Waals surface area contributed by atoms with Crippen LogP contribution in [0, 0.1) is 0 Å². The van der Waals surface area contributed by atoms with Gasteiger partial charge in [-0.25, -0.2) is 9.78 Å². The van der Waals surface area contributed by atoms with Crippen molar-refractivity contribution < 1.29 is 14.6 Å². The number of carboxylic acids is 1. The molecule has 1 aromatic rings. The normalized spacial score (nSPS) is 12.2. The van der Waals surface area contributed by atoms with Crippen LogP contribution >= 0.6 is 0 Å². The van der Waals surface area contributed by atoms with Gasteiger partial charge in [0, 0.05) is 12.2 Å². The number of methoxy groups -OCH3 is 1. The molecule has 0 saturated carbocycles. The molecule has 1 rings (SSSR count). The summed E-state index contributed by atoms with van der Waals surface area (Å²) in [5.74, 6) is -0.973. The second-order valence-corrected chi connectivity index (χ2v) is 2.92. The van der Waals surface area contributed by atoms with Crippen LogP contribution in [0.1, 0.15) is 28.9 Å². The third-order valence-electron chi connectivity index (χ3n) is 1.82. The third kappa shape index (κ3) is 2.00. The Labute approximate surface area is 81.5 Å². The minimum absolute atomic E-state index is 0.0299. The van der Waals surface area contributed by atoms with Crippen LogP contribution in [0.2, 0.25) is 0 Å². The zero-order chi connectivity index (χ0) is 10.7. The number of carboxylic acid groups (broad SMARTS) is 1. The van der Waals surface area contributed by atoms with Crippen molar-refractivity contribution in [2.24, 2.45) is 5.73 Å². The first-order chi connectivity index (χ1) is 6.56. The largest absolute Gasteiger partial charge is 0.480 e. The highest BCUT2D eigenvalue weighted by molar-refractivity contribution is 5.90. The van der Waals surface area contributed by atoms with E-state index >= 15 is 0 Å². The van der Waals surface area contributed by atoms with E-state index in [4.69, 9.17) is 15.6 Å². The number of pyridine rings is 1. The molecular formula is C9H12N2O3. The van der Waals surface area contributed by atoms with Gasteiger partial charge < -0.3 is 15.6 Å². The smallest absolute Gasteiger partial charge is 0.341 e. The second kappa shape index (κ2) is 4.06. The summed E-state index contributed by atoms with van der Waals surface area (Å²) in [5.41, 5.74) is 6.30. The van der Waals surface area contributed by atoms with Crippen LogP contribution in [0.5, 0.6) is 5.88 Å². The number of nitrogens with two attached hydrogens (primary N) is 1. The Kier molecular flexibility index (Phi) is 3.03. The fourth-order valence-electron chi connectivity index (χ4n) is 1.03. The van der Waals surface area contributed by atoms with E-state index in [2.05, 4.69) is 4.98 Å². The lowest BCUT2D eigenvalue weighted by atomic mass is 10.1. The van der Waals surface area contributed by atoms with Gasteiger partial charge in [0.25, 0.3) is 0 Å². The summed E-state index contributed by atoms with van der Waals surface area (Å²) in [6.07, 6.45) is 1.51. The highest BCUT2D eigenvalue weighted by atomic mass is 16.5. The highest BCUT2D eigenvalue weighted by Gasteiger charge is 2.14. The molecule has 0 unspecified atom stereocenters. The van der Waals surface area contributed by atoms with E-state index in [1.165, 1.54) is 19.4 Å². The topological polar surface area (TPSA) is 85.4 Å². The van der Waals surface area contributed by atoms with E-state index in [1.54, 1.807) is 6.92 Å². The van der Waals surface area contributed by atoms with E-state index < -0.39 is 5.97 Å². The van der Waals surface area contributed by atoms with Gasteiger partial charge in [-0.15, -0.1) is 0 Å². The Morgan fingerprint density at radius 3 is 2.79 bits per heavy atom. The number of aromatic carboxylic acids is 1. The van der Waals surface area contributed by atoms with Gasteiger partial charge in [-0.05, 0) is 18.6 Å². The van der Waals surface area contributed by atoms with Gasteiger partial charge in [-0.3, -0.25) is 0 Å². The fraction of sp³-hybridized carbons (Fsp3) is 0.333. The maximum atomic E-state index is 10.8. The van der Waals surface area contributed by atoms with Crippen molar-refractivity contribution in [3.63, 3.8) is 0 Å². The molecule has 0 aliphatic rings. The van der Waals surface area contributed by atoms with E-state index in [0.29, 0.717) is 5.56 Å². The van der Waals surface area contributed by atoms with Crippen LogP contribution in [-0.2, 0) is 0 Å². The maximum absolute atomic E-state index is 10.8. The molecule has 76 valence electrons. The monoisotopic (exact) mass is 196 g/mol. The number of ether oxygens (including phenoxy) is 1. The summed E-state index contributed by atoms with van der Waals surface area (Å²) in [5, 5.41) is 8.84. The molecule has 1 atom stereocenters. The van der Waals surface area contributed by atoms with E-state index in [-0.39, 0.29) is 17.5 Å². The average molecular weight is 196 g/mol. The van der Waals surface area contributed by atoms with Crippen LogP contribution in [-0.4, -0.2) is 23.2 Å². The molecule has 0 saturated heterocycles. The molecule has 0 aliphatic carbocycles. The molecule has 0 aromatic carbocycles. The van der Waals surface area contributed by atoms with Gasteiger partial charge in [-0.1, -0.05) is 0 Å². The third-order valence-corrected chi connectivity index (χ3v) is 1.82. The van der Waals surface area contributed by atoms with Crippen molar-refractivity contribution in [3.8, 4) is 5.88 Å². The van der Waals surface area contributed by atoms with Crippen molar-refractivity contribution in [2.75, 3.05) is 7.11 Å². The zero-order valence-corrected chi connectivity index (χ0v) is 8.02. The molecule has 0 radical (unpaired) electrons. The molecule has 1 aromatic heterocycles. The summed E-state index contributed by atoms with van der Waals surface area (Å²) in [7, 11) is 1.38. The molecule has 0 spiro atoms. The van der Waals surface area contributed by atoms with Gasteiger partial charge in [0.05, 0.1) is 7.11 Å². The Morgan fingerprint density at radius 2 is 2.36 bits per heavy atom.